The highest BCUT2D eigenvalue weighted by Gasteiger charge is 2.38. The van der Waals surface area contributed by atoms with Gasteiger partial charge < -0.3 is 61.8 Å². The third-order valence-electron chi connectivity index (χ3n) is 17.5. The van der Waals surface area contributed by atoms with Gasteiger partial charge in [-0.1, -0.05) is 98.6 Å². The summed E-state index contributed by atoms with van der Waals surface area (Å²) in [7, 11) is 2.40. The summed E-state index contributed by atoms with van der Waals surface area (Å²) >= 11 is 0. The van der Waals surface area contributed by atoms with Crippen molar-refractivity contribution in [2.24, 2.45) is 94.0 Å². The van der Waals surface area contributed by atoms with Crippen LogP contribution in [0.5, 0.6) is 0 Å². The maximum atomic E-state index is 12.3. The first-order chi connectivity index (χ1) is 40.4. The van der Waals surface area contributed by atoms with Gasteiger partial charge in [0, 0.05) is 39.7 Å². The van der Waals surface area contributed by atoms with E-state index in [1.165, 1.54) is 115 Å². The molecule has 6 aliphatic carbocycles. The largest absolute Gasteiger partial charge is 0.519 e. The van der Waals surface area contributed by atoms with Crippen LogP contribution in [0.2, 0.25) is 0 Å². The number of esters is 1. The number of nitrogens with two attached hydrogens (primary N) is 5. The Bertz CT molecular complexity index is 1840. The summed E-state index contributed by atoms with van der Waals surface area (Å²) in [4.78, 5) is 62.3. The van der Waals surface area contributed by atoms with E-state index in [0.717, 1.165) is 94.4 Å². The highest BCUT2D eigenvalue weighted by molar-refractivity contribution is 6.21. The molecule has 12 atom stereocenters. The molecule has 0 aromatic heterocycles. The summed E-state index contributed by atoms with van der Waals surface area (Å²) in [6.07, 6.45) is 24.9. The minimum atomic E-state index is -1.06. The van der Waals surface area contributed by atoms with E-state index in [0.29, 0.717) is 61.0 Å². The lowest BCUT2D eigenvalue weighted by Gasteiger charge is -2.20. The monoisotopic (exact) mass is 1240 g/mol. The van der Waals surface area contributed by atoms with Gasteiger partial charge in [0.15, 0.2) is 0 Å². The van der Waals surface area contributed by atoms with Gasteiger partial charge in [0.25, 0.3) is 11.8 Å². The van der Waals surface area contributed by atoms with Crippen LogP contribution >= 0.6 is 0 Å². The van der Waals surface area contributed by atoms with Crippen LogP contribution in [-0.4, -0.2) is 127 Å². The van der Waals surface area contributed by atoms with Crippen LogP contribution in [0.4, 0.5) is 9.59 Å². The Morgan fingerprint density at radius 1 is 0.552 bits per heavy atom. The quantitative estimate of drug-likeness (QED) is 0.0183. The number of imide groups is 1. The average molecular weight is 1240 g/mol. The topological polar surface area (TPSA) is 352 Å². The predicted octanol–water partition coefficient (Wildman–Crippen LogP) is 11.2. The minimum absolute atomic E-state index is 0. The van der Waals surface area contributed by atoms with Crippen LogP contribution in [0.25, 0.3) is 4.85 Å². The molecule has 1 aromatic carbocycles. The number of nitrogens with zero attached hydrogens (tertiary/aromatic N) is 2. The lowest BCUT2D eigenvalue weighted by Crippen LogP contribution is -2.34. The molecule has 1 heterocycles. The second-order valence-electron chi connectivity index (χ2n) is 26.0. The van der Waals surface area contributed by atoms with Gasteiger partial charge in [-0.3, -0.25) is 31.0 Å². The van der Waals surface area contributed by atoms with Crippen LogP contribution in [0, 0.1) is 71.7 Å². The van der Waals surface area contributed by atoms with Gasteiger partial charge in [-0.05, 0) is 210 Å². The van der Waals surface area contributed by atoms with Crippen molar-refractivity contribution >= 4 is 30.1 Å². The van der Waals surface area contributed by atoms with Gasteiger partial charge in [0.05, 0.1) is 24.2 Å². The van der Waals surface area contributed by atoms with Crippen molar-refractivity contribution in [3.05, 3.63) is 46.8 Å². The first kappa shape index (κ1) is 86.9. The SMILES string of the molecule is C.CC(C)(C)OC(=O)OC(=O)OC(C)(C)C.CCC1CC[C@H](CN)C1.CCC1CC[C@H](CN2C(=O)c3ccccc3C2=O)C1.CCC1CC[C@H](CO)C1.CC[C@H]1CC[C@H](CN)C1.CO.NCC1CC[C@H](CO)C1.NN.O.[C-]#[N+]C1CC[C@H](C(=O)OC)C1. The van der Waals surface area contributed by atoms with E-state index in [-0.39, 0.29) is 42.6 Å². The van der Waals surface area contributed by atoms with Crippen LogP contribution in [-0.2, 0) is 23.7 Å². The third-order valence-corrected chi connectivity index (χ3v) is 17.5. The fraction of sp³-hybridized carbons (Fsp3) is 0.821. The van der Waals surface area contributed by atoms with Crippen LogP contribution in [0.3, 0.4) is 0 Å². The van der Waals surface area contributed by atoms with E-state index in [2.05, 4.69) is 53.7 Å². The molecule has 508 valence electrons. The van der Waals surface area contributed by atoms with E-state index in [9.17, 15) is 24.0 Å². The second kappa shape index (κ2) is 48.5. The molecule has 5 unspecified atom stereocenters. The number of methoxy groups -OCH3 is 1. The number of hydrazine groups is 1. The Morgan fingerprint density at radius 2 is 0.862 bits per heavy atom. The Hall–Kier alpha value is -4.30. The van der Waals surface area contributed by atoms with Crippen LogP contribution < -0.4 is 28.9 Å². The Kier molecular flexibility index (Phi) is 48.5. The molecule has 1 aromatic rings. The number of amides is 2. The molecule has 15 N–H and O–H groups in total. The van der Waals surface area contributed by atoms with Crippen molar-refractivity contribution in [3.63, 3.8) is 0 Å². The summed E-state index contributed by atoms with van der Waals surface area (Å²) < 4.78 is 18.4. The number of rotatable bonds is 12. The molecule has 20 nitrogen and oxygen atoms in total. The van der Waals surface area contributed by atoms with E-state index >= 15 is 0 Å². The molecule has 20 heteroatoms. The van der Waals surface area contributed by atoms with Gasteiger partial charge in [-0.15, -0.1) is 0 Å². The molecule has 87 heavy (non-hydrogen) atoms. The van der Waals surface area contributed by atoms with Crippen LogP contribution in [0.1, 0.15) is 239 Å². The first-order valence-electron chi connectivity index (χ1n) is 32.1. The molecule has 0 spiro atoms. The summed E-state index contributed by atoms with van der Waals surface area (Å²) in [6, 6.07) is 7.18. The minimum Gasteiger partial charge on any atom is -0.469 e. The number of carbonyl (C=O) groups is 5. The molecule has 7 aliphatic rings. The third kappa shape index (κ3) is 35.6. The van der Waals surface area contributed by atoms with Gasteiger partial charge in [-0.25, -0.2) is 16.2 Å². The van der Waals surface area contributed by atoms with Crippen molar-refractivity contribution in [3.8, 4) is 0 Å². The summed E-state index contributed by atoms with van der Waals surface area (Å²) in [5.41, 5.74) is 16.3. The van der Waals surface area contributed by atoms with Crippen molar-refractivity contribution in [2.75, 3.05) is 53.6 Å². The van der Waals surface area contributed by atoms with Crippen molar-refractivity contribution in [1.29, 1.82) is 0 Å². The zero-order valence-corrected chi connectivity index (χ0v) is 55.3. The van der Waals surface area contributed by atoms with Crippen LogP contribution in [0.15, 0.2) is 24.3 Å². The zero-order chi connectivity index (χ0) is 64.7. The predicted molar refractivity (Wildman–Crippen MR) is 349 cm³/mol. The zero-order valence-electron chi connectivity index (χ0n) is 55.3. The highest BCUT2D eigenvalue weighted by Crippen LogP contribution is 2.37. The number of carbonyl (C=O) groups excluding carboxylic acids is 5. The average Bonchev–Trinajstić information content (AvgIpc) is 1.98. The van der Waals surface area contributed by atoms with Crippen molar-refractivity contribution < 1.29 is 63.7 Å². The fourth-order valence-electron chi connectivity index (χ4n) is 12.2. The second-order valence-corrected chi connectivity index (χ2v) is 26.0. The van der Waals surface area contributed by atoms with Crippen molar-refractivity contribution in [2.45, 2.75) is 235 Å². The molecular weight excluding hydrogens is 1110 g/mol. The fourth-order valence-corrected chi connectivity index (χ4v) is 12.2. The molecule has 2 amide bonds. The molecule has 0 saturated heterocycles. The standard InChI is InChI=1S/C16H19NO2.C10H18O5.C8H11NO2.2C8H17N.C8H16O.C7H15NO.CH4O.CH4.H4N2.H2O/c1-2-11-7-8-12(9-11)10-17-15(18)13-5-3-4-6-14(13)16(17)19;1-9(2,3)14-7(11)13-8(12)15-10(4,5)6;1-9-7-4-3-6(5-7)8(10)11-2;3*1-2-7-3-4-8(5-7)6-9;8-4-6-1-2-7(3-6)5-9;1-2;;1-2;/h3-6,11-12H,2,7-10H2,1H3;1-6H3;6-7H,3-5H2,2H3;2*7-8H,2-6,9H2,1H3;7-9H,2-6H2,1H3;6-7,9H,1-5,8H2;2H,1H3;1H4;1-2H2;1H2/t11?,12-;;6-,7?;7?,8-;7-,8-;7?,8-;6?,7-;;;;/m0.00000..../s1. The van der Waals surface area contributed by atoms with E-state index in [1.54, 1.807) is 53.7 Å². The summed E-state index contributed by atoms with van der Waals surface area (Å²) in [5, 5.41) is 24.5. The molecule has 8 rings (SSSR count). The highest BCUT2D eigenvalue weighted by atomic mass is 16.8. The normalized spacial score (nSPS) is 26.2. The lowest BCUT2D eigenvalue weighted by atomic mass is 10.0. The first-order valence-corrected chi connectivity index (χ1v) is 32.1. The molecule has 6 fully saturated rings. The number of hydrogen-bond donors (Lipinski definition) is 8. The molecule has 6 saturated carbocycles. The van der Waals surface area contributed by atoms with Gasteiger partial charge in [0.2, 0.25) is 6.04 Å². The van der Waals surface area contributed by atoms with E-state index in [1.807, 2.05) is 12.1 Å². The number of aliphatic hydroxyl groups is 3. The van der Waals surface area contributed by atoms with Gasteiger partial charge in [0.1, 0.15) is 11.2 Å². The summed E-state index contributed by atoms with van der Waals surface area (Å²) in [6.45, 7) is 29.8. The number of ether oxygens (including phenoxy) is 4. The number of hydrogen-bond acceptors (Lipinski definition) is 17. The van der Waals surface area contributed by atoms with E-state index < -0.39 is 23.5 Å². The Morgan fingerprint density at radius 3 is 1.13 bits per heavy atom. The lowest BCUT2D eigenvalue weighted by molar-refractivity contribution is -0.145. The van der Waals surface area contributed by atoms with Crippen molar-refractivity contribution in [1.82, 2.24) is 4.90 Å². The van der Waals surface area contributed by atoms with Gasteiger partial charge >= 0.3 is 18.3 Å². The van der Waals surface area contributed by atoms with E-state index in [4.69, 9.17) is 48.6 Å². The number of fused-ring (bicyclic) bond motifs is 1. The maximum absolute atomic E-state index is 12.3. The Balaban J connectivity index is -0.000000952. The number of benzene rings is 1. The molecular formula is C67H127N7O13. The smallest absolute Gasteiger partial charge is 0.469 e. The molecule has 0 radical (unpaired) electrons. The van der Waals surface area contributed by atoms with Gasteiger partial charge in [-0.2, -0.15) is 0 Å². The maximum Gasteiger partial charge on any atom is 0.519 e. The summed E-state index contributed by atoms with van der Waals surface area (Å²) in [5.74, 6) is 15.4. The molecule has 0 bridgehead atoms. The Labute approximate surface area is 526 Å². The molecule has 1 aliphatic heterocycles. The number of aliphatic hydroxyl groups excluding tert-OH is 3.